The van der Waals surface area contributed by atoms with Gasteiger partial charge in [0.1, 0.15) is 5.75 Å². The van der Waals surface area contributed by atoms with Gasteiger partial charge in [-0.1, -0.05) is 108 Å². The van der Waals surface area contributed by atoms with Crippen molar-refractivity contribution >= 4 is 59.1 Å². The third-order valence-corrected chi connectivity index (χ3v) is 21.9. The molecule has 1 aromatic rings. The van der Waals surface area contributed by atoms with E-state index in [0.717, 1.165) is 82.6 Å². The Hall–Kier alpha value is -6.44. The van der Waals surface area contributed by atoms with Gasteiger partial charge in [-0.25, -0.2) is 0 Å². The Labute approximate surface area is 581 Å². The van der Waals surface area contributed by atoms with E-state index >= 15 is 0 Å². The monoisotopic (exact) mass is 1370 g/mol. The Morgan fingerprint density at radius 3 is 0.929 bits per heavy atom. The number of phenols is 1. The van der Waals surface area contributed by atoms with E-state index in [1.165, 1.54) is 0 Å². The van der Waals surface area contributed by atoms with Crippen LogP contribution in [0.4, 0.5) is 0 Å². The fourth-order valence-electron chi connectivity index (χ4n) is 16.5. The normalized spacial score (nSPS) is 27.0. The van der Waals surface area contributed by atoms with Crippen LogP contribution in [0.2, 0.25) is 0 Å². The Bertz CT molecular complexity index is 2720. The Kier molecular flexibility index (Phi) is 33.8. The minimum Gasteiger partial charge on any atom is -0.508 e. The maximum atomic E-state index is 14.5. The van der Waals surface area contributed by atoms with Gasteiger partial charge in [-0.15, -0.1) is 0 Å². The summed E-state index contributed by atoms with van der Waals surface area (Å²) in [4.78, 5) is 139. The molecule has 6 aliphatic rings. The number of nitrogens with two attached hydrogens (primary N) is 5. The van der Waals surface area contributed by atoms with E-state index in [-0.39, 0.29) is 96.7 Å². The first kappa shape index (κ1) is 78.9. The molecular formula is C73H122N14O11. The summed E-state index contributed by atoms with van der Waals surface area (Å²) in [6.07, 6.45) is 23.2. The van der Waals surface area contributed by atoms with Crippen molar-refractivity contribution in [1.82, 2.24) is 47.9 Å². The first-order valence-electron chi connectivity index (χ1n) is 37.9. The van der Waals surface area contributed by atoms with Gasteiger partial charge in [0.25, 0.3) is 0 Å². The molecule has 10 amide bonds. The van der Waals surface area contributed by atoms with Crippen LogP contribution in [-0.4, -0.2) is 144 Å². The Morgan fingerprint density at radius 1 is 0.357 bits per heavy atom. The zero-order chi connectivity index (χ0) is 70.3. The van der Waals surface area contributed by atoms with Gasteiger partial charge in [0.05, 0.1) is 35.5 Å². The molecule has 0 aromatic heterocycles. The summed E-state index contributed by atoms with van der Waals surface area (Å²) >= 11 is 0. The highest BCUT2D eigenvalue weighted by Gasteiger charge is 2.41. The van der Waals surface area contributed by atoms with Crippen LogP contribution in [0.5, 0.6) is 5.75 Å². The highest BCUT2D eigenvalue weighted by Crippen LogP contribution is 2.33. The first-order valence-corrected chi connectivity index (χ1v) is 37.9. The Balaban J connectivity index is 0.913. The molecule has 6 fully saturated rings. The molecule has 6 saturated carbocycles. The molecule has 25 heteroatoms. The number of hydrogen-bond donors (Lipinski definition) is 15. The molecule has 7 rings (SSSR count). The second-order valence-corrected chi connectivity index (χ2v) is 29.6. The van der Waals surface area contributed by atoms with Crippen molar-refractivity contribution in [3.05, 3.63) is 29.8 Å². The highest BCUT2D eigenvalue weighted by molar-refractivity contribution is 5.88. The van der Waals surface area contributed by atoms with E-state index in [2.05, 4.69) is 47.9 Å². The predicted molar refractivity (Wildman–Crippen MR) is 375 cm³/mol. The van der Waals surface area contributed by atoms with Crippen molar-refractivity contribution in [3.63, 3.8) is 0 Å². The smallest absolute Gasteiger partial charge is 0.225 e. The zero-order valence-electron chi connectivity index (χ0n) is 58.5. The molecule has 16 atom stereocenters. The van der Waals surface area contributed by atoms with E-state index in [1.54, 1.807) is 24.3 Å². The third-order valence-electron chi connectivity index (χ3n) is 21.9. The van der Waals surface area contributed by atoms with Crippen LogP contribution in [0.15, 0.2) is 24.3 Å². The molecule has 6 aliphatic carbocycles. The van der Waals surface area contributed by atoms with Crippen LogP contribution in [0, 0.1) is 35.5 Å². The number of rotatable bonds is 37. The number of hydrogen-bond acceptors (Lipinski definition) is 15. The average molecular weight is 1370 g/mol. The molecule has 550 valence electrons. The molecule has 0 radical (unpaired) electrons. The van der Waals surface area contributed by atoms with Crippen LogP contribution >= 0.6 is 0 Å². The summed E-state index contributed by atoms with van der Waals surface area (Å²) < 4.78 is 0. The van der Waals surface area contributed by atoms with Crippen LogP contribution < -0.4 is 76.5 Å². The quantitative estimate of drug-likeness (QED) is 0.0415. The molecule has 0 aliphatic heterocycles. The first-order chi connectivity index (χ1) is 47.3. The summed E-state index contributed by atoms with van der Waals surface area (Å²) in [5, 5.41) is 38.2. The van der Waals surface area contributed by atoms with Gasteiger partial charge in [-0.3, -0.25) is 47.9 Å². The number of carbonyl (C=O) groups excluding carboxylic acids is 10. The second-order valence-electron chi connectivity index (χ2n) is 29.6. The maximum absolute atomic E-state index is 14.5. The van der Waals surface area contributed by atoms with E-state index in [4.69, 9.17) is 28.7 Å². The van der Waals surface area contributed by atoms with Gasteiger partial charge < -0.3 is 81.6 Å². The van der Waals surface area contributed by atoms with Crippen LogP contribution in [0.25, 0.3) is 0 Å². The zero-order valence-corrected chi connectivity index (χ0v) is 58.5. The fraction of sp³-hybridized carbons (Fsp3) is 0.781. The summed E-state index contributed by atoms with van der Waals surface area (Å²) in [7, 11) is 0. The number of carbonyl (C=O) groups is 10. The van der Waals surface area contributed by atoms with Crippen LogP contribution in [0.3, 0.4) is 0 Å². The third kappa shape index (κ3) is 25.9. The summed E-state index contributed by atoms with van der Waals surface area (Å²) in [5.41, 5.74) is 30.7. The SMILES string of the molecule is NCCCC[C@H](CC(=O)NC1CCCCC1C(=O)NC1CCCCC1C(N)=O)NC(=O)C1CCCCC1NC(=O)C[C@@H](CCCCN)NC(=O)C1CCCCC1NC(=O)C[C@@H](CCCCN)NC(=O)C1CCCCC1NC(=O)C1CCCCC1NC(=O)C[C@H](N)Cc1ccc(O)cc1. The number of aromatic hydroxyl groups is 1. The van der Waals surface area contributed by atoms with Gasteiger partial charge in [0.15, 0.2) is 0 Å². The lowest BCUT2D eigenvalue weighted by Crippen LogP contribution is -2.55. The Morgan fingerprint density at radius 2 is 0.622 bits per heavy atom. The molecule has 1 aromatic carbocycles. The number of unbranched alkanes of at least 4 members (excludes halogenated alkanes) is 3. The van der Waals surface area contributed by atoms with Gasteiger partial charge in [0, 0.05) is 86.1 Å². The van der Waals surface area contributed by atoms with Gasteiger partial charge >= 0.3 is 0 Å². The molecule has 12 unspecified atom stereocenters. The molecule has 98 heavy (non-hydrogen) atoms. The molecule has 0 bridgehead atoms. The van der Waals surface area contributed by atoms with Crippen molar-refractivity contribution in [2.45, 2.75) is 304 Å². The minimum atomic E-state index is -0.574. The van der Waals surface area contributed by atoms with Crippen molar-refractivity contribution in [2.24, 2.45) is 64.2 Å². The summed E-state index contributed by atoms with van der Waals surface area (Å²) in [5.74, 6) is -5.47. The highest BCUT2D eigenvalue weighted by atomic mass is 16.3. The lowest BCUT2D eigenvalue weighted by molar-refractivity contribution is -0.133. The molecular weight excluding hydrogens is 1250 g/mol. The average Bonchev–Trinajstić information content (AvgIpc) is 0.852. The number of amides is 10. The molecule has 0 saturated heterocycles. The standard InChI is InChI=1S/C73H122N14O11/c74-38-16-13-19-48(43-65(90)83-59-29-8-2-23-53(59)70(95)80-49(20-14-17-39-75)44-67(92)85-62-32-11-5-26-56(62)72(97)86-58-28-7-1-22-52(58)68(78)93)79-69(94)54-24-3-9-30-60(54)84-66(91)45-50(21-15-18-40-76)81-71(96)57-27-6-12-33-63(57)87-73(98)55-25-4-10-31-61(55)82-64(89)42-47(77)41-46-34-36-51(88)37-35-46/h34-37,47-50,52-63,88H,1-33,38-45,74-77H2,(H2,78,93)(H,79,94)(H,80,95)(H,81,96)(H,82,89)(H,83,90)(H,84,91)(H,85,92)(H,86,97)(H,87,98)/t47-,48-,49-,50-,52?,53?,54?,55?,56?,57?,58?,59?,60?,61?,62?,63?/m1/s1. The minimum absolute atomic E-state index is 0.00288. The summed E-state index contributed by atoms with van der Waals surface area (Å²) in [6.45, 7) is 1.34. The lowest BCUT2D eigenvalue weighted by atomic mass is 9.81. The predicted octanol–water partition coefficient (Wildman–Crippen LogP) is 4.20. The van der Waals surface area contributed by atoms with Crippen molar-refractivity contribution in [3.8, 4) is 5.75 Å². The van der Waals surface area contributed by atoms with Crippen LogP contribution in [0.1, 0.15) is 243 Å². The summed E-state index contributed by atoms with van der Waals surface area (Å²) in [6, 6.07) is 2.15. The maximum Gasteiger partial charge on any atom is 0.225 e. The largest absolute Gasteiger partial charge is 0.508 e. The second kappa shape index (κ2) is 42.0. The van der Waals surface area contributed by atoms with E-state index in [1.807, 2.05) is 0 Å². The molecule has 0 heterocycles. The topological polar surface area (TPSA) is 429 Å². The molecule has 20 N–H and O–H groups in total. The molecule has 25 nitrogen and oxygen atoms in total. The van der Waals surface area contributed by atoms with Crippen molar-refractivity contribution in [1.29, 1.82) is 0 Å². The van der Waals surface area contributed by atoms with Crippen molar-refractivity contribution < 1.29 is 53.1 Å². The number of primary amides is 1. The van der Waals surface area contributed by atoms with Gasteiger partial charge in [-0.05, 0) is 159 Å². The van der Waals surface area contributed by atoms with E-state index in [9.17, 15) is 53.1 Å². The molecule has 0 spiro atoms. The fourth-order valence-corrected chi connectivity index (χ4v) is 16.5. The van der Waals surface area contributed by atoms with Gasteiger partial charge in [-0.2, -0.15) is 0 Å². The van der Waals surface area contributed by atoms with E-state index in [0.29, 0.717) is 161 Å². The van der Waals surface area contributed by atoms with Crippen LogP contribution in [-0.2, 0) is 54.4 Å². The lowest BCUT2D eigenvalue weighted by Gasteiger charge is -2.36. The number of benzene rings is 1. The number of phenolic OH excluding ortho intramolecular Hbond substituents is 1. The van der Waals surface area contributed by atoms with E-state index < -0.39 is 89.7 Å². The van der Waals surface area contributed by atoms with Crippen molar-refractivity contribution in [2.75, 3.05) is 19.6 Å². The van der Waals surface area contributed by atoms with Gasteiger partial charge in [0.2, 0.25) is 59.1 Å². The number of nitrogens with one attached hydrogen (secondary N) is 9.